The van der Waals surface area contributed by atoms with Crippen molar-refractivity contribution in [3.05, 3.63) is 74.4 Å². The van der Waals surface area contributed by atoms with Gasteiger partial charge in [0, 0.05) is 29.0 Å². The molecule has 0 fully saturated rings. The van der Waals surface area contributed by atoms with Gasteiger partial charge in [-0.15, -0.1) is 0 Å². The van der Waals surface area contributed by atoms with Gasteiger partial charge in [-0.05, 0) is 36.4 Å². The third-order valence-electron chi connectivity index (χ3n) is 3.23. The highest BCUT2D eigenvalue weighted by Gasteiger charge is 2.33. The third-order valence-corrected chi connectivity index (χ3v) is 8.72. The minimum absolute atomic E-state index is 0.252. The smallest absolute Gasteiger partial charge is 0.212 e. The summed E-state index contributed by atoms with van der Waals surface area (Å²) in [5.41, 5.74) is 0.505. The Morgan fingerprint density at radius 2 is 1.00 bits per heavy atom. The summed E-state index contributed by atoms with van der Waals surface area (Å²) in [4.78, 5) is -0.667. The Morgan fingerprint density at radius 3 is 1.30 bits per heavy atom. The fourth-order valence-corrected chi connectivity index (χ4v) is 7.17. The molecule has 0 heterocycles. The summed E-state index contributed by atoms with van der Waals surface area (Å²) in [6.45, 7) is 0. The second-order valence-electron chi connectivity index (χ2n) is 4.93. The van der Waals surface area contributed by atoms with Gasteiger partial charge in [0.15, 0.2) is 0 Å². The number of benzene rings is 2. The maximum Gasteiger partial charge on any atom is 0.212 e. The van der Waals surface area contributed by atoms with Gasteiger partial charge in [-0.3, -0.25) is 0 Å². The average molecular weight is 724 g/mol. The third kappa shape index (κ3) is 5.56. The van der Waals surface area contributed by atoms with Gasteiger partial charge in [0.1, 0.15) is 18.8 Å². The number of hydrogen-bond donors (Lipinski definition) is 0. The van der Waals surface area contributed by atoms with Gasteiger partial charge in [0.05, 0.1) is 0 Å². The highest BCUT2D eigenvalue weighted by Crippen LogP contribution is 2.45. The molecule has 0 atom stereocenters. The van der Waals surface area contributed by atoms with Crippen LogP contribution in [-0.4, -0.2) is 8.42 Å². The maximum atomic E-state index is 13.5. The van der Waals surface area contributed by atoms with Crippen LogP contribution in [0, 0.1) is 0 Å². The van der Waals surface area contributed by atoms with Gasteiger partial charge < -0.3 is 0 Å². The van der Waals surface area contributed by atoms with Crippen LogP contribution in [0.25, 0.3) is 9.81 Å². The normalized spacial score (nSPS) is 11.3. The molecule has 27 heavy (non-hydrogen) atoms. The zero-order valence-electron chi connectivity index (χ0n) is 12.7. The molecule has 0 amide bonds. The van der Waals surface area contributed by atoms with Gasteiger partial charge >= 0.3 is 0 Å². The number of hydrogen-bond acceptors (Lipinski definition) is 2. The van der Waals surface area contributed by atoms with E-state index in [0.29, 0.717) is 17.9 Å². The van der Waals surface area contributed by atoms with Gasteiger partial charge in [-0.25, -0.2) is 8.42 Å². The van der Waals surface area contributed by atoms with Crippen molar-refractivity contribution >= 4 is 130 Å². The minimum Gasteiger partial charge on any atom is -0.218 e. The fourth-order valence-electron chi connectivity index (χ4n) is 2.14. The lowest BCUT2D eigenvalue weighted by molar-refractivity contribution is 0.615. The molecule has 0 bridgehead atoms. The highest BCUT2D eigenvalue weighted by molar-refractivity contribution is 9.11. The van der Waals surface area contributed by atoms with Crippen LogP contribution in [0.3, 0.4) is 0 Å². The number of rotatable bonds is 4. The standard InChI is InChI=1S/C16H6Br4Cl4O2S/c17-7-1-3-11(19)9(5-7)13(15(21)22)27(25,26)14(16(23)24)10-6-8(18)2-4-12(10)20/h1-6H. The van der Waals surface area contributed by atoms with Crippen molar-refractivity contribution in [2.24, 2.45) is 0 Å². The fraction of sp³-hybridized carbons (Fsp3) is 0. The van der Waals surface area contributed by atoms with E-state index in [0.717, 1.165) is 0 Å². The zero-order valence-corrected chi connectivity index (χ0v) is 22.9. The lowest BCUT2D eigenvalue weighted by atomic mass is 10.2. The van der Waals surface area contributed by atoms with Crippen LogP contribution in [0.2, 0.25) is 0 Å². The van der Waals surface area contributed by atoms with Crippen molar-refractivity contribution in [3.63, 3.8) is 0 Å². The van der Waals surface area contributed by atoms with E-state index in [4.69, 9.17) is 46.4 Å². The van der Waals surface area contributed by atoms with E-state index in [9.17, 15) is 8.42 Å². The molecule has 2 nitrogen and oxygen atoms in total. The summed E-state index contributed by atoms with van der Waals surface area (Å²) in [6.07, 6.45) is 0. The lowest BCUT2D eigenvalue weighted by Crippen LogP contribution is -2.09. The first kappa shape index (κ1) is 24.2. The van der Waals surface area contributed by atoms with E-state index in [1.807, 2.05) is 0 Å². The quantitative estimate of drug-likeness (QED) is 0.316. The molecule has 144 valence electrons. The zero-order chi connectivity index (χ0) is 20.5. The molecule has 0 N–H and O–H groups in total. The summed E-state index contributed by atoms with van der Waals surface area (Å²) in [6, 6.07) is 9.92. The Morgan fingerprint density at radius 1 is 0.667 bits per heavy atom. The van der Waals surface area contributed by atoms with Crippen molar-refractivity contribution < 1.29 is 8.42 Å². The van der Waals surface area contributed by atoms with E-state index in [1.54, 1.807) is 36.4 Å². The molecule has 11 heteroatoms. The average Bonchev–Trinajstić information content (AvgIpc) is 2.53. The maximum absolute atomic E-state index is 13.5. The van der Waals surface area contributed by atoms with Gasteiger partial charge in [-0.1, -0.05) is 110 Å². The van der Waals surface area contributed by atoms with E-state index in [2.05, 4.69) is 63.7 Å². The van der Waals surface area contributed by atoms with Crippen molar-refractivity contribution in [2.75, 3.05) is 0 Å². The van der Waals surface area contributed by atoms with Gasteiger partial charge in [0.25, 0.3) is 0 Å². The Balaban J connectivity index is 2.87. The summed E-state index contributed by atoms with van der Waals surface area (Å²) < 4.78 is 28.3. The summed E-state index contributed by atoms with van der Waals surface area (Å²) >= 11 is 37.2. The van der Waals surface area contributed by atoms with E-state index < -0.39 is 18.8 Å². The van der Waals surface area contributed by atoms with Gasteiger partial charge in [0.2, 0.25) is 9.84 Å². The summed E-state index contributed by atoms with van der Waals surface area (Å²) in [7, 11) is -4.32. The first-order chi connectivity index (χ1) is 12.5. The molecule has 0 unspecified atom stereocenters. The topological polar surface area (TPSA) is 34.1 Å². The predicted octanol–water partition coefficient (Wildman–Crippen LogP) is 9.06. The molecule has 0 aliphatic rings. The van der Waals surface area contributed by atoms with E-state index in [1.165, 1.54) is 0 Å². The molecule has 0 saturated carbocycles. The van der Waals surface area contributed by atoms with Crippen molar-refractivity contribution in [2.45, 2.75) is 0 Å². The van der Waals surface area contributed by atoms with Crippen LogP contribution in [0.4, 0.5) is 0 Å². The summed E-state index contributed by atoms with van der Waals surface area (Å²) in [5, 5.41) is 0. The van der Waals surface area contributed by atoms with E-state index in [-0.39, 0.29) is 20.9 Å². The number of sulfone groups is 1. The summed E-state index contributed by atoms with van der Waals surface area (Å²) in [5.74, 6) is 0. The molecule has 0 aliphatic carbocycles. The molecule has 0 aromatic heterocycles. The SMILES string of the molecule is O=S(=O)(C(=C(Cl)Cl)c1cc(Br)ccc1Br)C(=C(Cl)Cl)c1cc(Br)ccc1Br. The van der Waals surface area contributed by atoms with Crippen molar-refractivity contribution in [1.82, 2.24) is 0 Å². The van der Waals surface area contributed by atoms with Crippen LogP contribution in [0.1, 0.15) is 11.1 Å². The Bertz CT molecular complexity index is 994. The van der Waals surface area contributed by atoms with E-state index >= 15 is 0 Å². The molecule has 0 radical (unpaired) electrons. The first-order valence-electron chi connectivity index (χ1n) is 6.73. The van der Waals surface area contributed by atoms with Crippen LogP contribution >= 0.6 is 110 Å². The Labute approximate surface area is 210 Å². The molecule has 0 saturated heterocycles. The van der Waals surface area contributed by atoms with Crippen molar-refractivity contribution in [3.8, 4) is 0 Å². The largest absolute Gasteiger partial charge is 0.218 e. The molecule has 0 aliphatic heterocycles. The van der Waals surface area contributed by atoms with Crippen molar-refractivity contribution in [1.29, 1.82) is 0 Å². The van der Waals surface area contributed by atoms with Crippen LogP contribution < -0.4 is 0 Å². The molecule has 2 rings (SSSR count). The van der Waals surface area contributed by atoms with Gasteiger partial charge in [-0.2, -0.15) is 0 Å². The molecular weight excluding hydrogens is 718 g/mol. The predicted molar refractivity (Wildman–Crippen MR) is 130 cm³/mol. The highest BCUT2D eigenvalue weighted by atomic mass is 79.9. The lowest BCUT2D eigenvalue weighted by Gasteiger charge is -2.16. The minimum atomic E-state index is -4.32. The molecule has 2 aromatic carbocycles. The van der Waals surface area contributed by atoms with Crippen LogP contribution in [-0.2, 0) is 9.84 Å². The van der Waals surface area contributed by atoms with Crippen LogP contribution in [0.5, 0.6) is 0 Å². The molecular formula is C16H6Br4Cl4O2S. The second kappa shape index (κ2) is 9.84. The Hall–Kier alpha value is 0.950. The van der Waals surface area contributed by atoms with Crippen LogP contribution in [0.15, 0.2) is 63.3 Å². The molecule has 0 spiro atoms. The Kier molecular flexibility index (Phi) is 8.83. The molecule has 2 aromatic rings. The monoisotopic (exact) mass is 718 g/mol. The number of halogens is 8. The second-order valence-corrected chi connectivity index (χ2v) is 12.2. The first-order valence-corrected chi connectivity index (χ1v) is 12.9.